The SMILES string of the molecule is Cn1cncc1-c1nc2cc(-c3ccc(=O)n(C)c3)ccc2n1-c1ccc2c(c1)n(C)c(=O)n2C. The molecule has 0 aliphatic heterocycles. The second-order valence-corrected chi connectivity index (χ2v) is 8.80. The van der Waals surface area contributed by atoms with Crippen molar-refractivity contribution in [3.05, 3.63) is 88.1 Å². The number of aryl methyl sites for hydroxylation is 4. The first-order chi connectivity index (χ1) is 16.8. The fraction of sp³-hybridized carbons (Fsp3) is 0.154. The van der Waals surface area contributed by atoms with Crippen LogP contribution in [0.15, 0.2) is 76.8 Å². The highest BCUT2D eigenvalue weighted by Crippen LogP contribution is 2.32. The Balaban J connectivity index is 1.63. The lowest BCUT2D eigenvalue weighted by Crippen LogP contribution is -2.19. The third-order valence-corrected chi connectivity index (χ3v) is 6.63. The zero-order chi connectivity index (χ0) is 24.4. The van der Waals surface area contributed by atoms with Crippen molar-refractivity contribution < 1.29 is 0 Å². The molecular weight excluding hydrogens is 442 g/mol. The van der Waals surface area contributed by atoms with Gasteiger partial charge in [0.05, 0.1) is 34.6 Å². The van der Waals surface area contributed by atoms with Crippen LogP contribution in [0.3, 0.4) is 0 Å². The van der Waals surface area contributed by atoms with Gasteiger partial charge in [0.25, 0.3) is 0 Å². The molecule has 0 radical (unpaired) electrons. The maximum Gasteiger partial charge on any atom is 0.328 e. The highest BCUT2D eigenvalue weighted by atomic mass is 16.1. The number of pyridine rings is 1. The number of imidazole rings is 3. The average molecular weight is 466 g/mol. The first-order valence-corrected chi connectivity index (χ1v) is 11.2. The van der Waals surface area contributed by atoms with Gasteiger partial charge in [0.1, 0.15) is 5.69 Å². The van der Waals surface area contributed by atoms with Crippen LogP contribution in [0.4, 0.5) is 0 Å². The summed E-state index contributed by atoms with van der Waals surface area (Å²) in [6.45, 7) is 0. The van der Waals surface area contributed by atoms with Gasteiger partial charge in [0, 0.05) is 46.1 Å². The minimum atomic E-state index is -0.0681. The molecule has 0 saturated heterocycles. The summed E-state index contributed by atoms with van der Waals surface area (Å²) < 4.78 is 8.89. The lowest BCUT2D eigenvalue weighted by Gasteiger charge is -2.11. The Kier molecular flexibility index (Phi) is 4.44. The molecule has 6 rings (SSSR count). The maximum atomic E-state index is 12.5. The molecule has 0 fully saturated rings. The lowest BCUT2D eigenvalue weighted by atomic mass is 10.1. The van der Waals surface area contributed by atoms with Gasteiger partial charge in [-0.25, -0.2) is 14.8 Å². The first-order valence-electron chi connectivity index (χ1n) is 11.2. The Hall–Kier alpha value is -4.66. The smallest absolute Gasteiger partial charge is 0.328 e. The predicted molar refractivity (Wildman–Crippen MR) is 136 cm³/mol. The summed E-state index contributed by atoms with van der Waals surface area (Å²) in [6.07, 6.45) is 5.37. The molecule has 0 unspecified atom stereocenters. The molecule has 6 aromatic rings. The summed E-state index contributed by atoms with van der Waals surface area (Å²) in [5.41, 5.74) is 6.99. The third-order valence-electron chi connectivity index (χ3n) is 6.63. The molecule has 0 spiro atoms. The molecule has 0 amide bonds. The van der Waals surface area contributed by atoms with E-state index < -0.39 is 0 Å². The van der Waals surface area contributed by atoms with E-state index >= 15 is 0 Å². The summed E-state index contributed by atoms with van der Waals surface area (Å²) in [4.78, 5) is 33.6. The van der Waals surface area contributed by atoms with Crippen molar-refractivity contribution in [2.45, 2.75) is 0 Å². The van der Waals surface area contributed by atoms with Crippen molar-refractivity contribution in [3.8, 4) is 28.3 Å². The number of nitrogens with zero attached hydrogens (tertiary/aromatic N) is 7. The molecule has 9 heteroatoms. The molecule has 174 valence electrons. The van der Waals surface area contributed by atoms with Crippen molar-refractivity contribution in [2.75, 3.05) is 0 Å². The highest BCUT2D eigenvalue weighted by molar-refractivity contribution is 5.88. The number of hydrogen-bond acceptors (Lipinski definition) is 4. The van der Waals surface area contributed by atoms with Crippen molar-refractivity contribution in [2.24, 2.45) is 28.2 Å². The van der Waals surface area contributed by atoms with Crippen LogP contribution in [0.2, 0.25) is 0 Å². The van der Waals surface area contributed by atoms with Crippen molar-refractivity contribution in [3.63, 3.8) is 0 Å². The molecule has 35 heavy (non-hydrogen) atoms. The molecule has 0 saturated carbocycles. The lowest BCUT2D eigenvalue weighted by molar-refractivity contribution is 0.795. The minimum absolute atomic E-state index is 0.0525. The van der Waals surface area contributed by atoms with Gasteiger partial charge in [0.15, 0.2) is 5.82 Å². The Labute approximate surface area is 199 Å². The number of hydrogen-bond donors (Lipinski definition) is 0. The quantitative estimate of drug-likeness (QED) is 0.402. The van der Waals surface area contributed by atoms with Crippen LogP contribution in [0.25, 0.3) is 50.4 Å². The molecule has 2 aromatic carbocycles. The minimum Gasteiger partial charge on any atom is -0.331 e. The molecule has 9 nitrogen and oxygen atoms in total. The molecule has 0 bridgehead atoms. The van der Waals surface area contributed by atoms with Gasteiger partial charge in [-0.1, -0.05) is 6.07 Å². The van der Waals surface area contributed by atoms with Crippen LogP contribution < -0.4 is 11.2 Å². The third kappa shape index (κ3) is 3.08. The van der Waals surface area contributed by atoms with E-state index in [0.29, 0.717) is 0 Å². The average Bonchev–Trinajstić information content (AvgIpc) is 3.51. The summed E-state index contributed by atoms with van der Waals surface area (Å²) in [5, 5.41) is 0. The number of fused-ring (bicyclic) bond motifs is 2. The van der Waals surface area contributed by atoms with Crippen molar-refractivity contribution in [1.82, 2.24) is 32.8 Å². The van der Waals surface area contributed by atoms with Gasteiger partial charge in [0.2, 0.25) is 5.56 Å². The van der Waals surface area contributed by atoms with Crippen molar-refractivity contribution >= 4 is 22.1 Å². The Morgan fingerprint density at radius 2 is 1.49 bits per heavy atom. The van der Waals surface area contributed by atoms with Crippen LogP contribution in [0, 0.1) is 0 Å². The molecule has 0 atom stereocenters. The monoisotopic (exact) mass is 465 g/mol. The van der Waals surface area contributed by atoms with E-state index in [0.717, 1.165) is 50.4 Å². The maximum absolute atomic E-state index is 12.5. The normalized spacial score (nSPS) is 11.7. The van der Waals surface area contributed by atoms with E-state index in [2.05, 4.69) is 9.55 Å². The Bertz CT molecular complexity index is 1900. The molecular formula is C26H23N7O2. The fourth-order valence-corrected chi connectivity index (χ4v) is 4.66. The van der Waals surface area contributed by atoms with Gasteiger partial charge in [-0.3, -0.25) is 18.5 Å². The van der Waals surface area contributed by atoms with Gasteiger partial charge >= 0.3 is 5.69 Å². The first kappa shape index (κ1) is 20.9. The van der Waals surface area contributed by atoms with E-state index in [4.69, 9.17) is 4.98 Å². The van der Waals surface area contributed by atoms with Crippen LogP contribution in [0.5, 0.6) is 0 Å². The molecule has 4 aromatic heterocycles. The van der Waals surface area contributed by atoms with Gasteiger partial charge in [-0.05, 0) is 47.5 Å². The number of aromatic nitrogens is 7. The zero-order valence-electron chi connectivity index (χ0n) is 19.8. The topological polar surface area (TPSA) is 84.6 Å². The Morgan fingerprint density at radius 3 is 2.23 bits per heavy atom. The van der Waals surface area contributed by atoms with E-state index in [9.17, 15) is 9.59 Å². The van der Waals surface area contributed by atoms with E-state index in [1.165, 1.54) is 0 Å². The summed E-state index contributed by atoms with van der Waals surface area (Å²) >= 11 is 0. The van der Waals surface area contributed by atoms with Crippen LogP contribution in [-0.2, 0) is 28.2 Å². The summed E-state index contributed by atoms with van der Waals surface area (Å²) in [7, 11) is 7.24. The molecule has 0 N–H and O–H groups in total. The highest BCUT2D eigenvalue weighted by Gasteiger charge is 2.19. The van der Waals surface area contributed by atoms with Gasteiger partial charge in [-0.2, -0.15) is 0 Å². The number of rotatable bonds is 3. The second-order valence-electron chi connectivity index (χ2n) is 8.80. The molecule has 0 aliphatic carbocycles. The van der Waals surface area contributed by atoms with Crippen LogP contribution in [-0.4, -0.2) is 32.8 Å². The van der Waals surface area contributed by atoms with Crippen molar-refractivity contribution in [1.29, 1.82) is 0 Å². The molecule has 0 aliphatic rings. The van der Waals surface area contributed by atoms with E-state index in [1.54, 1.807) is 53.4 Å². The molecule has 4 heterocycles. The fourth-order valence-electron chi connectivity index (χ4n) is 4.66. The van der Waals surface area contributed by atoms with Gasteiger partial charge in [-0.15, -0.1) is 0 Å². The standard InChI is InChI=1S/C26H23N7O2/c1-29-14-17(6-10-24(29)34)16-5-8-20-19(11-16)28-25(23-13-27-15-30(23)2)33(20)18-7-9-21-22(12-18)32(4)26(35)31(21)3/h5-15H,1-4H3. The largest absolute Gasteiger partial charge is 0.331 e. The zero-order valence-corrected chi connectivity index (χ0v) is 19.8. The van der Waals surface area contributed by atoms with E-state index in [-0.39, 0.29) is 11.2 Å². The predicted octanol–water partition coefficient (Wildman–Crippen LogP) is 2.98. The summed E-state index contributed by atoms with van der Waals surface area (Å²) in [5.74, 6) is 0.748. The summed E-state index contributed by atoms with van der Waals surface area (Å²) in [6, 6.07) is 15.5. The van der Waals surface area contributed by atoms with Gasteiger partial charge < -0.3 is 9.13 Å². The van der Waals surface area contributed by atoms with Crippen LogP contribution >= 0.6 is 0 Å². The number of benzene rings is 2. The van der Waals surface area contributed by atoms with E-state index in [1.807, 2.05) is 60.3 Å². The Morgan fingerprint density at radius 1 is 0.743 bits per heavy atom. The second kappa shape index (κ2) is 7.42. The van der Waals surface area contributed by atoms with Crippen LogP contribution in [0.1, 0.15) is 0 Å².